The van der Waals surface area contributed by atoms with Crippen molar-refractivity contribution in [2.45, 2.75) is 30.2 Å². The highest BCUT2D eigenvalue weighted by molar-refractivity contribution is 8.45. The molecule has 1 heterocycles. The number of halogens is 8. The molecule has 0 bridgehead atoms. The Morgan fingerprint density at radius 3 is 2.29 bits per heavy atom. The van der Waals surface area contributed by atoms with Gasteiger partial charge >= 0.3 is 22.4 Å². The van der Waals surface area contributed by atoms with Crippen LogP contribution in [0.4, 0.5) is 32.6 Å². The van der Waals surface area contributed by atoms with E-state index in [4.69, 9.17) is 14.7 Å². The second-order valence-electron chi connectivity index (χ2n) is 6.55. The first kappa shape index (κ1) is 25.2. The van der Waals surface area contributed by atoms with Crippen molar-refractivity contribution in [3.63, 3.8) is 0 Å². The Morgan fingerprint density at radius 2 is 1.81 bits per heavy atom. The first-order valence-corrected chi connectivity index (χ1v) is 10.1. The van der Waals surface area contributed by atoms with Gasteiger partial charge in [-0.3, -0.25) is 5.26 Å². The average Bonchev–Trinajstić information content (AvgIpc) is 2.58. The number of rotatable bonds is 7. The Labute approximate surface area is 170 Å². The van der Waals surface area contributed by atoms with Gasteiger partial charge in [0.15, 0.2) is 6.10 Å². The molecule has 0 fully saturated rings. The lowest BCUT2D eigenvalue weighted by atomic mass is 9.99. The molecule has 15 heteroatoms. The zero-order valence-electron chi connectivity index (χ0n) is 15.7. The number of methoxy groups -OCH3 is 1. The molecule has 0 spiro atoms. The number of ether oxygens (including phenoxy) is 3. The fourth-order valence-electron chi connectivity index (χ4n) is 2.70. The summed E-state index contributed by atoms with van der Waals surface area (Å²) >= 11 is 0. The lowest BCUT2D eigenvalue weighted by Crippen LogP contribution is -2.42. The van der Waals surface area contributed by atoms with Crippen LogP contribution >= 0.6 is 10.2 Å². The summed E-state index contributed by atoms with van der Waals surface area (Å²) in [6, 6.07) is -0.134. The van der Waals surface area contributed by atoms with Gasteiger partial charge in [-0.2, -0.15) is 13.2 Å². The van der Waals surface area contributed by atoms with Gasteiger partial charge < -0.3 is 14.2 Å². The molecule has 2 atom stereocenters. The summed E-state index contributed by atoms with van der Waals surface area (Å²) in [7, 11) is -9.04. The highest BCUT2D eigenvalue weighted by atomic mass is 32.5. The van der Waals surface area contributed by atoms with Crippen LogP contribution in [0.5, 0.6) is 5.75 Å². The minimum atomic E-state index is -10.2. The number of esters is 1. The van der Waals surface area contributed by atoms with Crippen molar-refractivity contribution in [2.24, 2.45) is 0 Å². The normalized spacial score (nSPS) is 20.0. The summed E-state index contributed by atoms with van der Waals surface area (Å²) in [6.07, 6.45) is -9.22. The molecule has 0 aromatic heterocycles. The van der Waals surface area contributed by atoms with Gasteiger partial charge in [-0.1, -0.05) is 19.4 Å². The fourth-order valence-corrected chi connectivity index (χ4v) is 3.45. The van der Waals surface area contributed by atoms with E-state index in [1.165, 1.54) is 0 Å². The SMILES string of the molecule is COCC(COO)OC(=O)C1=Cc2cc(S(F)(F)(F)(F)F)cc(C)c2O[C@@H]1C(F)(F)F. The lowest BCUT2D eigenvalue weighted by Gasteiger charge is -2.41. The molecule has 31 heavy (non-hydrogen) atoms. The van der Waals surface area contributed by atoms with Gasteiger partial charge in [0.1, 0.15) is 17.3 Å². The van der Waals surface area contributed by atoms with Crippen LogP contribution in [0.15, 0.2) is 22.6 Å². The molecule has 2 rings (SSSR count). The van der Waals surface area contributed by atoms with Gasteiger partial charge in [-0.05, 0) is 30.7 Å². The zero-order chi connectivity index (χ0) is 23.9. The number of alkyl halides is 3. The summed E-state index contributed by atoms with van der Waals surface area (Å²) in [5, 5.41) is 8.44. The van der Waals surface area contributed by atoms with Crippen LogP contribution in [0, 0.1) is 6.92 Å². The molecule has 178 valence electrons. The third-order valence-electron chi connectivity index (χ3n) is 3.97. The second-order valence-corrected chi connectivity index (χ2v) is 8.95. The van der Waals surface area contributed by atoms with Crippen LogP contribution < -0.4 is 4.74 Å². The Morgan fingerprint density at radius 1 is 1.19 bits per heavy atom. The predicted octanol–water partition coefficient (Wildman–Crippen LogP) is 5.41. The van der Waals surface area contributed by atoms with Crippen molar-refractivity contribution < 1.29 is 61.7 Å². The highest BCUT2D eigenvalue weighted by Crippen LogP contribution is 3.02. The number of benzene rings is 1. The Hall–Kier alpha value is -2.10. The molecule has 1 N–H and O–H groups in total. The van der Waals surface area contributed by atoms with Crippen molar-refractivity contribution >= 4 is 22.3 Å². The third-order valence-corrected chi connectivity index (χ3v) is 5.10. The van der Waals surface area contributed by atoms with E-state index in [2.05, 4.69) is 9.62 Å². The summed E-state index contributed by atoms with van der Waals surface area (Å²) in [5.74, 6) is -2.45. The monoisotopic (exact) mass is 488 g/mol. The summed E-state index contributed by atoms with van der Waals surface area (Å²) in [4.78, 5) is 13.7. The Balaban J connectivity index is 2.59. The van der Waals surface area contributed by atoms with E-state index in [1.807, 2.05) is 0 Å². The maximum absolute atomic E-state index is 13.4. The quantitative estimate of drug-likeness (QED) is 0.240. The molecule has 0 radical (unpaired) electrons. The van der Waals surface area contributed by atoms with E-state index in [1.54, 1.807) is 0 Å². The molecular formula is C16H16F8O6S. The molecular weight excluding hydrogens is 472 g/mol. The molecule has 1 aliphatic heterocycles. The second kappa shape index (κ2) is 7.50. The molecule has 0 amide bonds. The maximum atomic E-state index is 13.4. The lowest BCUT2D eigenvalue weighted by molar-refractivity contribution is -0.261. The molecule has 1 unspecified atom stereocenters. The molecule has 0 aliphatic carbocycles. The zero-order valence-corrected chi connectivity index (χ0v) is 16.5. The molecule has 6 nitrogen and oxygen atoms in total. The van der Waals surface area contributed by atoms with Crippen LogP contribution in [0.2, 0.25) is 0 Å². The van der Waals surface area contributed by atoms with Gasteiger partial charge in [0, 0.05) is 12.7 Å². The number of carbonyl (C=O) groups is 1. The smallest absolute Gasteiger partial charge is 0.430 e. The van der Waals surface area contributed by atoms with E-state index in [0.717, 1.165) is 14.0 Å². The largest absolute Gasteiger partial charge is 0.475 e. The third kappa shape index (κ3) is 5.99. The molecule has 0 saturated heterocycles. The van der Waals surface area contributed by atoms with E-state index in [0.29, 0.717) is 6.08 Å². The van der Waals surface area contributed by atoms with Crippen molar-refractivity contribution in [2.75, 3.05) is 20.3 Å². The topological polar surface area (TPSA) is 74.2 Å². The number of aryl methyl sites for hydroxylation is 1. The molecule has 1 aliphatic rings. The number of hydrogen-bond donors (Lipinski definition) is 1. The minimum Gasteiger partial charge on any atom is -0.475 e. The van der Waals surface area contributed by atoms with Gasteiger partial charge in [0.05, 0.1) is 12.2 Å². The number of fused-ring (bicyclic) bond motifs is 1. The maximum Gasteiger partial charge on any atom is 0.430 e. The van der Waals surface area contributed by atoms with Crippen LogP contribution in [0.3, 0.4) is 0 Å². The van der Waals surface area contributed by atoms with Gasteiger partial charge in [0.25, 0.3) is 0 Å². The minimum absolute atomic E-state index is 0.0296. The number of carbonyl (C=O) groups excluding carboxylic acids is 1. The van der Waals surface area contributed by atoms with Gasteiger partial charge in [-0.25, -0.2) is 9.68 Å². The number of hydrogen-bond acceptors (Lipinski definition) is 6. The van der Waals surface area contributed by atoms with E-state index >= 15 is 0 Å². The van der Waals surface area contributed by atoms with E-state index < -0.39 is 75.1 Å². The molecule has 1 aromatic carbocycles. The van der Waals surface area contributed by atoms with Gasteiger partial charge in [-0.15, -0.1) is 0 Å². The van der Waals surface area contributed by atoms with Crippen molar-refractivity contribution in [1.29, 1.82) is 0 Å². The highest BCUT2D eigenvalue weighted by Gasteiger charge is 2.65. The first-order chi connectivity index (χ1) is 13.9. The predicted molar refractivity (Wildman–Crippen MR) is 91.4 cm³/mol. The van der Waals surface area contributed by atoms with E-state index in [9.17, 15) is 37.4 Å². The van der Waals surface area contributed by atoms with Gasteiger partial charge in [0.2, 0.25) is 6.10 Å². The van der Waals surface area contributed by atoms with Crippen molar-refractivity contribution in [1.82, 2.24) is 0 Å². The average molecular weight is 488 g/mol. The standard InChI is InChI=1S/C16H16F8O6S/c1-8-3-11(31(20,21,22,23)24)4-9-5-12(14(16(17,18)19)30-13(8)9)15(25)29-10(6-27-2)7-28-26/h3-5,10,14,26H,6-7H2,1-2H3/t10?,14-/m0/s1. The summed E-state index contributed by atoms with van der Waals surface area (Å²) < 4.78 is 120. The van der Waals surface area contributed by atoms with Crippen LogP contribution in [0.25, 0.3) is 6.08 Å². The Bertz CT molecular complexity index is 891. The molecule has 1 aromatic rings. The van der Waals surface area contributed by atoms with E-state index in [-0.39, 0.29) is 12.1 Å². The van der Waals surface area contributed by atoms with Crippen molar-refractivity contribution in [3.05, 3.63) is 28.8 Å². The first-order valence-electron chi connectivity index (χ1n) is 8.17. The summed E-state index contributed by atoms with van der Waals surface area (Å²) in [5.41, 5.74) is -2.76. The van der Waals surface area contributed by atoms with Crippen LogP contribution in [-0.2, 0) is 19.2 Å². The Kier molecular flexibility index (Phi) is 6.08. The summed E-state index contributed by atoms with van der Waals surface area (Å²) in [6.45, 7) is -0.265. The van der Waals surface area contributed by atoms with Crippen LogP contribution in [-0.4, -0.2) is 49.9 Å². The van der Waals surface area contributed by atoms with Crippen molar-refractivity contribution in [3.8, 4) is 5.75 Å². The molecule has 0 saturated carbocycles. The van der Waals surface area contributed by atoms with Crippen LogP contribution in [0.1, 0.15) is 11.1 Å². The fraction of sp³-hybridized carbons (Fsp3) is 0.438.